The molecule has 0 saturated carbocycles. The maximum Gasteiger partial charge on any atom is 0.183 e. The highest BCUT2D eigenvalue weighted by molar-refractivity contribution is 4.85. The van der Waals surface area contributed by atoms with E-state index in [-0.39, 0.29) is 0 Å². The van der Waals surface area contributed by atoms with E-state index in [0.717, 1.165) is 6.42 Å². The molecule has 11 heavy (non-hydrogen) atoms. The normalized spacial score (nSPS) is 44.7. The van der Waals surface area contributed by atoms with Gasteiger partial charge in [0.15, 0.2) is 6.29 Å². The highest BCUT2D eigenvalue weighted by Gasteiger charge is 2.40. The minimum absolute atomic E-state index is 0.412. The van der Waals surface area contributed by atoms with Crippen LogP contribution in [-0.2, 0) is 4.74 Å². The Morgan fingerprint density at radius 2 is 1.82 bits per heavy atom. The van der Waals surface area contributed by atoms with E-state index in [4.69, 9.17) is 14.9 Å². The fraction of sp³-hybridized carbons (Fsp3) is 1.00. The molecule has 1 heterocycles. The number of aliphatic hydroxyl groups is 3. The quantitative estimate of drug-likeness (QED) is 0.498. The SMILES string of the molecule is CCC[C@@H]1OC(O)[C@@H](O)[C@H]1O. The van der Waals surface area contributed by atoms with Crippen molar-refractivity contribution in [3.05, 3.63) is 0 Å². The Kier molecular flexibility index (Phi) is 2.84. The van der Waals surface area contributed by atoms with Crippen molar-refractivity contribution in [3.8, 4) is 0 Å². The van der Waals surface area contributed by atoms with Crippen LogP contribution in [0.4, 0.5) is 0 Å². The number of aliphatic hydroxyl groups excluding tert-OH is 3. The maximum absolute atomic E-state index is 9.22. The van der Waals surface area contributed by atoms with Gasteiger partial charge in [0.05, 0.1) is 6.10 Å². The topological polar surface area (TPSA) is 69.9 Å². The average Bonchev–Trinajstić information content (AvgIpc) is 2.19. The van der Waals surface area contributed by atoms with Crippen LogP contribution in [0.15, 0.2) is 0 Å². The summed E-state index contributed by atoms with van der Waals surface area (Å²) < 4.78 is 4.88. The Balaban J connectivity index is 2.45. The molecule has 66 valence electrons. The molecule has 0 spiro atoms. The van der Waals surface area contributed by atoms with Crippen molar-refractivity contribution in [1.82, 2.24) is 0 Å². The van der Waals surface area contributed by atoms with Gasteiger partial charge in [0.25, 0.3) is 0 Å². The average molecular weight is 162 g/mol. The molecule has 0 aromatic heterocycles. The van der Waals surface area contributed by atoms with Crippen LogP contribution in [-0.4, -0.2) is 39.9 Å². The Morgan fingerprint density at radius 3 is 2.18 bits per heavy atom. The molecule has 1 rings (SSSR count). The zero-order chi connectivity index (χ0) is 8.43. The summed E-state index contributed by atoms with van der Waals surface area (Å²) >= 11 is 0. The second-order valence-electron chi connectivity index (χ2n) is 2.83. The van der Waals surface area contributed by atoms with E-state index in [0.29, 0.717) is 6.42 Å². The zero-order valence-corrected chi connectivity index (χ0v) is 6.47. The zero-order valence-electron chi connectivity index (χ0n) is 6.47. The lowest BCUT2D eigenvalue weighted by Crippen LogP contribution is -2.32. The van der Waals surface area contributed by atoms with Crippen LogP contribution in [0.25, 0.3) is 0 Å². The van der Waals surface area contributed by atoms with Crippen LogP contribution < -0.4 is 0 Å². The van der Waals surface area contributed by atoms with Gasteiger partial charge in [-0.15, -0.1) is 0 Å². The summed E-state index contributed by atoms with van der Waals surface area (Å²) in [5.41, 5.74) is 0. The Morgan fingerprint density at radius 1 is 1.18 bits per heavy atom. The number of rotatable bonds is 2. The summed E-state index contributed by atoms with van der Waals surface area (Å²) in [5.74, 6) is 0. The summed E-state index contributed by atoms with van der Waals surface area (Å²) in [5, 5.41) is 27.2. The lowest BCUT2D eigenvalue weighted by Gasteiger charge is -2.11. The van der Waals surface area contributed by atoms with Gasteiger partial charge >= 0.3 is 0 Å². The van der Waals surface area contributed by atoms with E-state index in [9.17, 15) is 5.11 Å². The van der Waals surface area contributed by atoms with E-state index in [1.54, 1.807) is 0 Å². The molecule has 4 nitrogen and oxygen atoms in total. The van der Waals surface area contributed by atoms with Crippen LogP contribution >= 0.6 is 0 Å². The van der Waals surface area contributed by atoms with Gasteiger partial charge in [0.1, 0.15) is 12.2 Å². The van der Waals surface area contributed by atoms with E-state index < -0.39 is 24.6 Å². The van der Waals surface area contributed by atoms with Crippen LogP contribution in [0.3, 0.4) is 0 Å². The number of ether oxygens (including phenoxy) is 1. The molecule has 1 aliphatic rings. The first kappa shape index (κ1) is 8.93. The summed E-state index contributed by atoms with van der Waals surface area (Å²) in [7, 11) is 0. The van der Waals surface area contributed by atoms with Gasteiger partial charge in [-0.1, -0.05) is 13.3 Å². The monoisotopic (exact) mass is 162 g/mol. The van der Waals surface area contributed by atoms with Crippen molar-refractivity contribution < 1.29 is 20.1 Å². The van der Waals surface area contributed by atoms with Crippen molar-refractivity contribution in [2.45, 2.75) is 44.4 Å². The first-order valence-corrected chi connectivity index (χ1v) is 3.86. The van der Waals surface area contributed by atoms with Crippen molar-refractivity contribution >= 4 is 0 Å². The van der Waals surface area contributed by atoms with Crippen molar-refractivity contribution in [2.75, 3.05) is 0 Å². The molecule has 0 aromatic rings. The van der Waals surface area contributed by atoms with Crippen LogP contribution in [0.5, 0.6) is 0 Å². The minimum Gasteiger partial charge on any atom is -0.387 e. The molecule has 1 unspecified atom stereocenters. The lowest BCUT2D eigenvalue weighted by molar-refractivity contribution is -0.127. The molecule has 1 saturated heterocycles. The van der Waals surface area contributed by atoms with Gasteiger partial charge in [-0.25, -0.2) is 0 Å². The Hall–Kier alpha value is -0.160. The first-order valence-electron chi connectivity index (χ1n) is 3.86. The maximum atomic E-state index is 9.22. The third kappa shape index (κ3) is 1.70. The lowest BCUT2D eigenvalue weighted by atomic mass is 10.1. The standard InChI is InChI=1S/C7H14O4/c1-2-3-4-5(8)6(9)7(10)11-4/h4-10H,2-3H2,1H3/t4-,5-,6-,7?/m0/s1. The van der Waals surface area contributed by atoms with E-state index in [2.05, 4.69) is 0 Å². The van der Waals surface area contributed by atoms with Gasteiger partial charge < -0.3 is 20.1 Å². The molecule has 0 bridgehead atoms. The van der Waals surface area contributed by atoms with Crippen molar-refractivity contribution in [1.29, 1.82) is 0 Å². The largest absolute Gasteiger partial charge is 0.387 e. The molecule has 1 aliphatic heterocycles. The molecule has 0 aromatic carbocycles. The molecule has 4 heteroatoms. The van der Waals surface area contributed by atoms with Gasteiger partial charge in [-0.05, 0) is 6.42 Å². The summed E-state index contributed by atoms with van der Waals surface area (Å²) in [6.45, 7) is 1.95. The molecule has 0 amide bonds. The second-order valence-corrected chi connectivity index (χ2v) is 2.83. The highest BCUT2D eigenvalue weighted by atomic mass is 16.6. The molecular weight excluding hydrogens is 148 g/mol. The van der Waals surface area contributed by atoms with E-state index in [1.807, 2.05) is 6.92 Å². The van der Waals surface area contributed by atoms with Gasteiger partial charge in [0.2, 0.25) is 0 Å². The summed E-state index contributed by atoms with van der Waals surface area (Å²) in [6.07, 6.45) is -2.20. The fourth-order valence-corrected chi connectivity index (χ4v) is 1.25. The summed E-state index contributed by atoms with van der Waals surface area (Å²) in [4.78, 5) is 0. The highest BCUT2D eigenvalue weighted by Crippen LogP contribution is 2.22. The number of hydrogen-bond acceptors (Lipinski definition) is 4. The molecule has 1 fully saturated rings. The van der Waals surface area contributed by atoms with E-state index in [1.165, 1.54) is 0 Å². The third-order valence-corrected chi connectivity index (χ3v) is 1.91. The molecule has 0 radical (unpaired) electrons. The summed E-state index contributed by atoms with van der Waals surface area (Å²) in [6, 6.07) is 0. The predicted octanol–water partition coefficient (Wildman–Crippen LogP) is -0.774. The van der Waals surface area contributed by atoms with Gasteiger partial charge in [0, 0.05) is 0 Å². The van der Waals surface area contributed by atoms with E-state index >= 15 is 0 Å². The van der Waals surface area contributed by atoms with Crippen LogP contribution in [0, 0.1) is 0 Å². The van der Waals surface area contributed by atoms with Crippen molar-refractivity contribution in [3.63, 3.8) is 0 Å². The second kappa shape index (κ2) is 3.49. The smallest absolute Gasteiger partial charge is 0.183 e. The molecule has 4 atom stereocenters. The van der Waals surface area contributed by atoms with Gasteiger partial charge in [-0.3, -0.25) is 0 Å². The molecular formula is C7H14O4. The molecule has 3 N–H and O–H groups in total. The molecule has 0 aliphatic carbocycles. The van der Waals surface area contributed by atoms with Crippen molar-refractivity contribution in [2.24, 2.45) is 0 Å². The number of hydrogen-bond donors (Lipinski definition) is 3. The van der Waals surface area contributed by atoms with Crippen LogP contribution in [0.1, 0.15) is 19.8 Å². The third-order valence-electron chi connectivity index (χ3n) is 1.91. The minimum atomic E-state index is -1.22. The Labute approximate surface area is 65.4 Å². The fourth-order valence-electron chi connectivity index (χ4n) is 1.25. The van der Waals surface area contributed by atoms with Crippen LogP contribution in [0.2, 0.25) is 0 Å². The first-order chi connectivity index (χ1) is 5.16. The predicted molar refractivity (Wildman–Crippen MR) is 37.8 cm³/mol. The van der Waals surface area contributed by atoms with Gasteiger partial charge in [-0.2, -0.15) is 0 Å². The Bertz CT molecular complexity index is 128.